The summed E-state index contributed by atoms with van der Waals surface area (Å²) >= 11 is 3.74. The molecule has 0 aliphatic rings. The average Bonchev–Trinajstić information content (AvgIpc) is 3.73. The van der Waals surface area contributed by atoms with Gasteiger partial charge in [-0.25, -0.2) is 0 Å². The lowest BCUT2D eigenvalue weighted by molar-refractivity contribution is 1.29. The highest BCUT2D eigenvalue weighted by atomic mass is 32.1. The van der Waals surface area contributed by atoms with Crippen LogP contribution in [0.2, 0.25) is 0 Å². The van der Waals surface area contributed by atoms with Gasteiger partial charge in [0.25, 0.3) is 0 Å². The van der Waals surface area contributed by atoms with Crippen molar-refractivity contribution in [2.75, 3.05) is 4.90 Å². The van der Waals surface area contributed by atoms with Crippen LogP contribution >= 0.6 is 22.7 Å². The van der Waals surface area contributed by atoms with E-state index in [0.29, 0.717) is 0 Å². The van der Waals surface area contributed by atoms with Gasteiger partial charge in [-0.15, -0.1) is 22.7 Å². The van der Waals surface area contributed by atoms with Crippen molar-refractivity contribution in [1.29, 1.82) is 0 Å². The van der Waals surface area contributed by atoms with Gasteiger partial charge >= 0.3 is 0 Å². The molecule has 11 rings (SSSR count). The van der Waals surface area contributed by atoms with Gasteiger partial charge in [-0.2, -0.15) is 0 Å². The van der Waals surface area contributed by atoms with Crippen LogP contribution in [0, 0.1) is 0 Å². The molecule has 0 radical (unpaired) electrons. The second kappa shape index (κ2) is 11.2. The maximum absolute atomic E-state index is 4.81. The summed E-state index contributed by atoms with van der Waals surface area (Å²) in [5.74, 6) is 0. The number of thiophene rings is 2. The molecule has 2 nitrogen and oxygen atoms in total. The summed E-state index contributed by atoms with van der Waals surface area (Å²) in [6.45, 7) is 0. The molecular weight excluding hydrogens is 657 g/mol. The van der Waals surface area contributed by atoms with E-state index in [0.717, 1.165) is 33.7 Å². The van der Waals surface area contributed by atoms with Crippen molar-refractivity contribution in [1.82, 2.24) is 4.98 Å². The highest BCUT2D eigenvalue weighted by Gasteiger charge is 2.16. The Morgan fingerprint density at radius 3 is 1.47 bits per heavy atom. The average molecular weight is 685 g/mol. The molecule has 0 N–H and O–H groups in total. The molecule has 0 atom stereocenters. The van der Waals surface area contributed by atoms with E-state index >= 15 is 0 Å². The largest absolute Gasteiger partial charge is 0.310 e. The Balaban J connectivity index is 1.08. The quantitative estimate of drug-likeness (QED) is 0.183. The summed E-state index contributed by atoms with van der Waals surface area (Å²) in [6.07, 6.45) is 1.97. The fraction of sp³-hybridized carbons (Fsp3) is 0. The Hall–Kier alpha value is -6.07. The molecule has 0 saturated carbocycles. The Labute approximate surface area is 302 Å². The van der Waals surface area contributed by atoms with E-state index in [4.69, 9.17) is 4.98 Å². The van der Waals surface area contributed by atoms with Crippen LogP contribution in [0.3, 0.4) is 0 Å². The summed E-state index contributed by atoms with van der Waals surface area (Å²) in [7, 11) is 0. The van der Waals surface area contributed by atoms with Crippen molar-refractivity contribution in [2.24, 2.45) is 0 Å². The van der Waals surface area contributed by atoms with E-state index in [1.165, 1.54) is 67.3 Å². The molecule has 0 fully saturated rings. The fourth-order valence-corrected chi connectivity index (χ4v) is 9.93. The number of hydrogen-bond donors (Lipinski definition) is 0. The van der Waals surface area contributed by atoms with E-state index in [9.17, 15) is 0 Å². The van der Waals surface area contributed by atoms with Crippen LogP contribution in [0.25, 0.3) is 83.9 Å². The number of rotatable bonds is 4. The zero-order valence-corrected chi connectivity index (χ0v) is 29.0. The van der Waals surface area contributed by atoms with Crippen LogP contribution < -0.4 is 4.90 Å². The van der Waals surface area contributed by atoms with E-state index in [1.54, 1.807) is 0 Å². The van der Waals surface area contributed by atoms with Gasteiger partial charge in [-0.05, 0) is 106 Å². The standard InChI is InChI=1S/C47H28N2S2/c1-2-8-33-28-48-43(25-30(33)7-1)29-13-17-36(18-14-29)49(37-19-15-31-26-46-41(23-34(31)21-37)39-9-3-5-11-44(39)50-46)38-20-16-32-27-47-42(24-35(32)22-38)40-10-4-6-12-45(40)51-47/h1-28H. The first-order valence-corrected chi connectivity index (χ1v) is 18.8. The minimum Gasteiger partial charge on any atom is -0.310 e. The van der Waals surface area contributed by atoms with Gasteiger partial charge < -0.3 is 4.90 Å². The van der Waals surface area contributed by atoms with Crippen molar-refractivity contribution in [3.8, 4) is 11.3 Å². The summed E-state index contributed by atoms with van der Waals surface area (Å²) in [4.78, 5) is 7.20. The summed E-state index contributed by atoms with van der Waals surface area (Å²) in [6, 6.07) is 60.1. The lowest BCUT2D eigenvalue weighted by Gasteiger charge is -2.26. The third-order valence-electron chi connectivity index (χ3n) is 10.2. The van der Waals surface area contributed by atoms with E-state index in [2.05, 4.69) is 169 Å². The minimum absolute atomic E-state index is 0.974. The number of fused-ring (bicyclic) bond motifs is 9. The molecule has 0 aliphatic carbocycles. The van der Waals surface area contributed by atoms with Crippen molar-refractivity contribution in [3.63, 3.8) is 0 Å². The zero-order chi connectivity index (χ0) is 33.5. The fourth-order valence-electron chi connectivity index (χ4n) is 7.66. The lowest BCUT2D eigenvalue weighted by atomic mass is 10.0. The molecule has 0 amide bonds. The Morgan fingerprint density at radius 2 is 0.863 bits per heavy atom. The highest BCUT2D eigenvalue weighted by Crippen LogP contribution is 2.42. The van der Waals surface area contributed by atoms with E-state index in [-0.39, 0.29) is 0 Å². The van der Waals surface area contributed by atoms with Crippen LogP contribution in [0.5, 0.6) is 0 Å². The predicted octanol–water partition coefficient (Wildman–Crippen LogP) is 14.4. The monoisotopic (exact) mass is 684 g/mol. The van der Waals surface area contributed by atoms with E-state index in [1.807, 2.05) is 28.9 Å². The normalized spacial score (nSPS) is 11.9. The van der Waals surface area contributed by atoms with Crippen LogP contribution in [0.15, 0.2) is 170 Å². The molecule has 0 bridgehead atoms. The highest BCUT2D eigenvalue weighted by molar-refractivity contribution is 7.26. The Morgan fingerprint density at radius 1 is 0.353 bits per heavy atom. The first-order valence-electron chi connectivity index (χ1n) is 17.2. The number of nitrogens with zero attached hydrogens (tertiary/aromatic N) is 2. The minimum atomic E-state index is 0.974. The lowest BCUT2D eigenvalue weighted by Crippen LogP contribution is -2.10. The summed E-state index contributed by atoms with van der Waals surface area (Å²) in [5, 5.41) is 12.6. The van der Waals surface area contributed by atoms with Crippen molar-refractivity contribution in [3.05, 3.63) is 170 Å². The molecule has 0 saturated heterocycles. The number of pyridine rings is 1. The third-order valence-corrected chi connectivity index (χ3v) is 12.5. The maximum atomic E-state index is 4.81. The molecule has 4 heteroatoms. The first-order chi connectivity index (χ1) is 25.2. The first kappa shape index (κ1) is 28.7. The molecule has 3 heterocycles. The second-order valence-corrected chi connectivity index (χ2v) is 15.4. The number of hydrogen-bond acceptors (Lipinski definition) is 4. The molecule has 11 aromatic rings. The Kier molecular flexibility index (Phi) is 6.32. The molecule has 0 spiro atoms. The van der Waals surface area contributed by atoms with Gasteiger partial charge in [0.1, 0.15) is 0 Å². The molecule has 3 aromatic heterocycles. The van der Waals surface area contributed by atoms with Gasteiger partial charge in [0.05, 0.1) is 5.69 Å². The zero-order valence-electron chi connectivity index (χ0n) is 27.4. The van der Waals surface area contributed by atoms with Crippen LogP contribution in [-0.2, 0) is 0 Å². The molecule has 0 aliphatic heterocycles. The Bertz CT molecular complexity index is 3000. The number of aromatic nitrogens is 1. The molecule has 238 valence electrons. The SMILES string of the molecule is c1ccc2cc(-c3ccc(N(c4ccc5cc6sc7ccccc7c6cc5c4)c4ccc5cc6sc7ccccc7c6cc5c4)cc3)ncc2c1. The van der Waals surface area contributed by atoms with Crippen molar-refractivity contribution >= 4 is 112 Å². The summed E-state index contributed by atoms with van der Waals surface area (Å²) < 4.78 is 5.31. The van der Waals surface area contributed by atoms with E-state index < -0.39 is 0 Å². The number of benzene rings is 8. The maximum Gasteiger partial charge on any atom is 0.0708 e. The topological polar surface area (TPSA) is 16.1 Å². The van der Waals surface area contributed by atoms with Gasteiger partial charge in [-0.3, -0.25) is 4.98 Å². The van der Waals surface area contributed by atoms with Gasteiger partial charge in [0.2, 0.25) is 0 Å². The van der Waals surface area contributed by atoms with Gasteiger partial charge in [0, 0.05) is 74.6 Å². The number of anilines is 3. The predicted molar refractivity (Wildman–Crippen MR) is 223 cm³/mol. The van der Waals surface area contributed by atoms with Crippen LogP contribution in [0.4, 0.5) is 17.1 Å². The third kappa shape index (κ3) is 4.72. The van der Waals surface area contributed by atoms with Crippen LogP contribution in [0.1, 0.15) is 0 Å². The molecule has 0 unspecified atom stereocenters. The molecule has 8 aromatic carbocycles. The second-order valence-electron chi connectivity index (χ2n) is 13.3. The summed E-state index contributed by atoms with van der Waals surface area (Å²) in [5.41, 5.74) is 5.42. The smallest absolute Gasteiger partial charge is 0.0708 e. The van der Waals surface area contributed by atoms with Crippen molar-refractivity contribution < 1.29 is 0 Å². The van der Waals surface area contributed by atoms with Gasteiger partial charge in [0.15, 0.2) is 0 Å². The van der Waals surface area contributed by atoms with Crippen LogP contribution in [-0.4, -0.2) is 4.98 Å². The molecular formula is C47H28N2S2. The molecule has 51 heavy (non-hydrogen) atoms. The van der Waals surface area contributed by atoms with Crippen molar-refractivity contribution in [2.45, 2.75) is 0 Å². The van der Waals surface area contributed by atoms with Gasteiger partial charge in [-0.1, -0.05) is 84.9 Å².